The van der Waals surface area contributed by atoms with E-state index in [1.165, 1.54) is 10.4 Å². The molecule has 1 aliphatic rings. The fraction of sp³-hybridized carbons (Fsp3) is 0.250. The highest BCUT2D eigenvalue weighted by Crippen LogP contribution is 2.36. The molecule has 0 unspecified atom stereocenters. The van der Waals surface area contributed by atoms with Gasteiger partial charge in [0.15, 0.2) is 0 Å². The quantitative estimate of drug-likeness (QED) is 0.489. The molecule has 0 aromatic heterocycles. The number of anilines is 1. The van der Waals surface area contributed by atoms with Gasteiger partial charge in [0.1, 0.15) is 5.75 Å². The van der Waals surface area contributed by atoms with Crippen molar-refractivity contribution >= 4 is 15.7 Å². The monoisotopic (exact) mass is 461 g/mol. The Labute approximate surface area is 185 Å². The standard InChI is InChI=1S/C24H22F3NO3S/c25-24(26,27)20-9-4-10-22(17-20)32(29,30)28-14-5-8-19-16-21(11-12-23(19)28)31-15-13-18-6-2-1-3-7-18/h1-4,6-7,9-12,16-17H,5,8,13-15H2. The van der Waals surface area contributed by atoms with Crippen LogP contribution in [-0.2, 0) is 29.0 Å². The largest absolute Gasteiger partial charge is 0.493 e. The number of alkyl halides is 3. The Morgan fingerprint density at radius 2 is 1.72 bits per heavy atom. The number of halogens is 3. The van der Waals surface area contributed by atoms with E-state index in [2.05, 4.69) is 0 Å². The molecule has 3 aromatic carbocycles. The van der Waals surface area contributed by atoms with Crippen molar-refractivity contribution in [2.45, 2.75) is 30.3 Å². The lowest BCUT2D eigenvalue weighted by Gasteiger charge is -2.31. The number of ether oxygens (including phenoxy) is 1. The van der Waals surface area contributed by atoms with Gasteiger partial charge in [-0.1, -0.05) is 36.4 Å². The van der Waals surface area contributed by atoms with Crippen molar-refractivity contribution in [2.75, 3.05) is 17.5 Å². The Balaban J connectivity index is 1.54. The van der Waals surface area contributed by atoms with Gasteiger partial charge in [0, 0.05) is 13.0 Å². The molecular formula is C24H22F3NO3S. The fourth-order valence-electron chi connectivity index (χ4n) is 3.77. The van der Waals surface area contributed by atoms with Gasteiger partial charge in [-0.3, -0.25) is 4.31 Å². The first-order chi connectivity index (χ1) is 15.2. The third-order valence-corrected chi connectivity index (χ3v) is 7.19. The fourth-order valence-corrected chi connectivity index (χ4v) is 5.36. The van der Waals surface area contributed by atoms with Gasteiger partial charge in [0.2, 0.25) is 0 Å². The summed E-state index contributed by atoms with van der Waals surface area (Å²) in [7, 11) is -4.13. The summed E-state index contributed by atoms with van der Waals surface area (Å²) in [5.41, 5.74) is 1.44. The van der Waals surface area contributed by atoms with Gasteiger partial charge in [-0.2, -0.15) is 13.2 Å². The number of sulfonamides is 1. The predicted molar refractivity (Wildman–Crippen MR) is 116 cm³/mol. The van der Waals surface area contributed by atoms with Gasteiger partial charge in [0.25, 0.3) is 10.0 Å². The third kappa shape index (κ3) is 4.75. The molecule has 0 N–H and O–H groups in total. The van der Waals surface area contributed by atoms with Crippen LogP contribution in [0, 0.1) is 0 Å². The molecule has 32 heavy (non-hydrogen) atoms. The van der Waals surface area contributed by atoms with E-state index in [0.717, 1.165) is 29.7 Å². The summed E-state index contributed by atoms with van der Waals surface area (Å²) in [6.07, 6.45) is -2.64. The van der Waals surface area contributed by atoms with Crippen LogP contribution in [-0.4, -0.2) is 21.6 Å². The van der Waals surface area contributed by atoms with Crippen molar-refractivity contribution in [3.63, 3.8) is 0 Å². The molecule has 0 bridgehead atoms. The number of benzene rings is 3. The highest BCUT2D eigenvalue weighted by molar-refractivity contribution is 7.92. The summed E-state index contributed by atoms with van der Waals surface area (Å²) in [5, 5.41) is 0. The highest BCUT2D eigenvalue weighted by atomic mass is 32.2. The molecule has 0 radical (unpaired) electrons. The van der Waals surface area contributed by atoms with Gasteiger partial charge in [-0.25, -0.2) is 8.42 Å². The van der Waals surface area contributed by atoms with Crippen LogP contribution < -0.4 is 9.04 Å². The van der Waals surface area contributed by atoms with Crippen LogP contribution in [0.15, 0.2) is 77.7 Å². The second-order valence-corrected chi connectivity index (χ2v) is 9.44. The van der Waals surface area contributed by atoms with Crippen molar-refractivity contribution in [1.82, 2.24) is 0 Å². The molecule has 1 aliphatic heterocycles. The molecule has 0 saturated carbocycles. The van der Waals surface area contributed by atoms with E-state index in [-0.39, 0.29) is 11.4 Å². The normalized spacial score (nSPS) is 14.2. The van der Waals surface area contributed by atoms with Gasteiger partial charge < -0.3 is 4.74 Å². The summed E-state index contributed by atoms with van der Waals surface area (Å²) in [4.78, 5) is -0.372. The number of nitrogens with zero attached hydrogens (tertiary/aromatic N) is 1. The molecule has 4 rings (SSSR count). The second-order valence-electron chi connectivity index (χ2n) is 7.58. The number of rotatable bonds is 6. The van der Waals surface area contributed by atoms with E-state index < -0.39 is 21.8 Å². The van der Waals surface area contributed by atoms with Crippen molar-refractivity contribution < 1.29 is 26.3 Å². The maximum atomic E-state index is 13.2. The van der Waals surface area contributed by atoms with Crippen molar-refractivity contribution in [2.24, 2.45) is 0 Å². The van der Waals surface area contributed by atoms with Crippen LogP contribution in [0.2, 0.25) is 0 Å². The van der Waals surface area contributed by atoms with Crippen LogP contribution in [0.25, 0.3) is 0 Å². The zero-order chi connectivity index (χ0) is 22.8. The Hall–Kier alpha value is -3.00. The van der Waals surface area contributed by atoms with E-state index in [0.29, 0.717) is 37.0 Å². The van der Waals surface area contributed by atoms with Crippen LogP contribution in [0.5, 0.6) is 5.75 Å². The van der Waals surface area contributed by atoms with E-state index in [1.807, 2.05) is 36.4 Å². The second kappa shape index (κ2) is 8.86. The Bertz CT molecular complexity index is 1190. The van der Waals surface area contributed by atoms with E-state index in [1.54, 1.807) is 12.1 Å². The molecule has 0 aliphatic carbocycles. The molecular weight excluding hydrogens is 439 g/mol. The number of hydrogen-bond acceptors (Lipinski definition) is 3. The predicted octanol–water partition coefficient (Wildman–Crippen LogP) is 5.47. The zero-order valence-corrected chi connectivity index (χ0v) is 18.0. The average Bonchev–Trinajstić information content (AvgIpc) is 2.79. The molecule has 168 valence electrons. The molecule has 0 amide bonds. The lowest BCUT2D eigenvalue weighted by Crippen LogP contribution is -2.35. The minimum absolute atomic E-state index is 0.208. The van der Waals surface area contributed by atoms with Gasteiger partial charge in [-0.05, 0) is 60.4 Å². The smallest absolute Gasteiger partial charge is 0.416 e. The van der Waals surface area contributed by atoms with E-state index in [4.69, 9.17) is 4.74 Å². The van der Waals surface area contributed by atoms with Crippen molar-refractivity contribution in [1.29, 1.82) is 0 Å². The topological polar surface area (TPSA) is 46.6 Å². The first kappa shape index (κ1) is 22.2. The number of aryl methyl sites for hydroxylation is 1. The Morgan fingerprint density at radius 3 is 2.47 bits per heavy atom. The van der Waals surface area contributed by atoms with E-state index in [9.17, 15) is 21.6 Å². The van der Waals surface area contributed by atoms with Crippen LogP contribution in [0.3, 0.4) is 0 Å². The summed E-state index contributed by atoms with van der Waals surface area (Å²) < 4.78 is 72.6. The summed E-state index contributed by atoms with van der Waals surface area (Å²) in [6.45, 7) is 0.689. The first-order valence-corrected chi connectivity index (χ1v) is 11.7. The Kier molecular flexibility index (Phi) is 6.15. The average molecular weight is 462 g/mol. The summed E-state index contributed by atoms with van der Waals surface area (Å²) in [5.74, 6) is 0.637. The number of hydrogen-bond donors (Lipinski definition) is 0. The van der Waals surface area contributed by atoms with Crippen LogP contribution in [0.1, 0.15) is 23.1 Å². The number of fused-ring (bicyclic) bond motifs is 1. The zero-order valence-electron chi connectivity index (χ0n) is 17.2. The van der Waals surface area contributed by atoms with Gasteiger partial charge in [-0.15, -0.1) is 0 Å². The minimum Gasteiger partial charge on any atom is -0.493 e. The van der Waals surface area contributed by atoms with Crippen molar-refractivity contribution in [3.05, 3.63) is 89.5 Å². The maximum absolute atomic E-state index is 13.2. The molecule has 0 saturated heterocycles. The van der Waals surface area contributed by atoms with Crippen LogP contribution in [0.4, 0.5) is 18.9 Å². The molecule has 0 atom stereocenters. The molecule has 8 heteroatoms. The molecule has 0 fully saturated rings. The SMILES string of the molecule is O=S(=O)(c1cccc(C(F)(F)F)c1)N1CCCc2cc(OCCc3ccccc3)ccc21. The van der Waals surface area contributed by atoms with Gasteiger partial charge >= 0.3 is 6.18 Å². The molecule has 1 heterocycles. The summed E-state index contributed by atoms with van der Waals surface area (Å²) in [6, 6.07) is 19.0. The van der Waals surface area contributed by atoms with Crippen LogP contribution >= 0.6 is 0 Å². The lowest BCUT2D eigenvalue weighted by molar-refractivity contribution is -0.137. The minimum atomic E-state index is -4.61. The Morgan fingerprint density at radius 1 is 0.938 bits per heavy atom. The highest BCUT2D eigenvalue weighted by Gasteiger charge is 2.34. The molecule has 4 nitrogen and oxygen atoms in total. The van der Waals surface area contributed by atoms with E-state index >= 15 is 0 Å². The lowest BCUT2D eigenvalue weighted by atomic mass is 10.0. The van der Waals surface area contributed by atoms with Crippen molar-refractivity contribution in [3.8, 4) is 5.75 Å². The molecule has 0 spiro atoms. The third-order valence-electron chi connectivity index (χ3n) is 5.38. The first-order valence-electron chi connectivity index (χ1n) is 10.2. The maximum Gasteiger partial charge on any atom is 0.416 e. The summed E-state index contributed by atoms with van der Waals surface area (Å²) >= 11 is 0. The molecule has 3 aromatic rings. The van der Waals surface area contributed by atoms with Gasteiger partial charge in [0.05, 0.1) is 22.8 Å².